The van der Waals surface area contributed by atoms with E-state index in [-0.39, 0.29) is 20.1 Å². The average Bonchev–Trinajstić information content (AvgIpc) is 2.49. The Morgan fingerprint density at radius 2 is 1.05 bits per heavy atom. The van der Waals surface area contributed by atoms with Gasteiger partial charge in [0.2, 0.25) is 0 Å². The van der Waals surface area contributed by atoms with Crippen molar-refractivity contribution in [3.8, 4) is 22.3 Å². The summed E-state index contributed by atoms with van der Waals surface area (Å²) in [5.41, 5.74) is 4.83. The Kier molecular flexibility index (Phi) is 4.62. The van der Waals surface area contributed by atoms with Gasteiger partial charge in [-0.2, -0.15) is 0 Å². The molecule has 0 saturated heterocycles. The van der Waals surface area contributed by atoms with Gasteiger partial charge in [-0.05, 0) is 28.3 Å². The van der Waals surface area contributed by atoms with E-state index in [0.717, 1.165) is 5.56 Å². The second kappa shape index (κ2) is 6.42. The molecule has 0 aliphatic carbocycles. The molecule has 0 aliphatic heterocycles. The maximum Gasteiger partial charge on any atom is 0.0346 e. The van der Waals surface area contributed by atoms with Crippen molar-refractivity contribution in [3.63, 3.8) is 0 Å². The molecule has 0 N–H and O–H groups in total. The van der Waals surface area contributed by atoms with Crippen molar-refractivity contribution in [1.29, 1.82) is 0 Å². The fourth-order valence-electron chi connectivity index (χ4n) is 2.02. The van der Waals surface area contributed by atoms with Gasteiger partial charge in [0.25, 0.3) is 0 Å². The second-order valence-corrected chi connectivity index (χ2v) is 4.19. The summed E-state index contributed by atoms with van der Waals surface area (Å²) in [6, 6.07) is 23.0. The van der Waals surface area contributed by atoms with E-state index in [1.807, 2.05) is 18.3 Å². The van der Waals surface area contributed by atoms with E-state index in [9.17, 15) is 0 Å². The summed E-state index contributed by atoms with van der Waals surface area (Å²) in [6.07, 6.45) is 3.68. The van der Waals surface area contributed by atoms with Crippen LogP contribution in [-0.4, -0.2) is 4.98 Å². The molecule has 0 aliphatic rings. The standard InChI is InChI=1S/C17H13N.Ir/c1-2-5-14(6-3-1)15-8-10-16(11-9-15)17-7-4-12-18-13-17;/h1-13H;. The van der Waals surface area contributed by atoms with Gasteiger partial charge in [-0.25, -0.2) is 0 Å². The molecule has 19 heavy (non-hydrogen) atoms. The van der Waals surface area contributed by atoms with E-state index in [4.69, 9.17) is 0 Å². The van der Waals surface area contributed by atoms with Gasteiger partial charge in [0, 0.05) is 32.5 Å². The molecule has 2 heteroatoms. The van der Waals surface area contributed by atoms with Crippen LogP contribution in [0.15, 0.2) is 79.1 Å². The largest absolute Gasteiger partial charge is 0.264 e. The second-order valence-electron chi connectivity index (χ2n) is 4.19. The summed E-state index contributed by atoms with van der Waals surface area (Å²) in [4.78, 5) is 4.14. The minimum absolute atomic E-state index is 0. The van der Waals surface area contributed by atoms with E-state index in [1.54, 1.807) is 6.20 Å². The third-order valence-electron chi connectivity index (χ3n) is 2.99. The topological polar surface area (TPSA) is 12.9 Å². The normalized spacial score (nSPS) is 9.68. The van der Waals surface area contributed by atoms with Crippen molar-refractivity contribution < 1.29 is 20.1 Å². The number of benzene rings is 2. The molecular weight excluding hydrogens is 410 g/mol. The van der Waals surface area contributed by atoms with Crippen LogP contribution < -0.4 is 0 Å². The van der Waals surface area contributed by atoms with Crippen LogP contribution in [0, 0.1) is 0 Å². The van der Waals surface area contributed by atoms with E-state index in [1.165, 1.54) is 16.7 Å². The van der Waals surface area contributed by atoms with Crippen LogP contribution in [0.1, 0.15) is 0 Å². The van der Waals surface area contributed by atoms with E-state index < -0.39 is 0 Å². The first kappa shape index (κ1) is 13.7. The molecule has 0 saturated carbocycles. The maximum absolute atomic E-state index is 4.14. The molecule has 3 aromatic rings. The molecule has 1 aromatic heterocycles. The fourth-order valence-corrected chi connectivity index (χ4v) is 2.02. The van der Waals surface area contributed by atoms with E-state index in [2.05, 4.69) is 59.6 Å². The molecule has 0 unspecified atom stereocenters. The van der Waals surface area contributed by atoms with Crippen molar-refractivity contribution in [2.24, 2.45) is 0 Å². The monoisotopic (exact) mass is 424 g/mol. The number of nitrogens with zero attached hydrogens (tertiary/aromatic N) is 1. The van der Waals surface area contributed by atoms with Crippen molar-refractivity contribution in [1.82, 2.24) is 4.98 Å². The molecule has 0 amide bonds. The predicted molar refractivity (Wildman–Crippen MR) is 75.1 cm³/mol. The zero-order chi connectivity index (χ0) is 12.2. The van der Waals surface area contributed by atoms with E-state index >= 15 is 0 Å². The van der Waals surface area contributed by atoms with Gasteiger partial charge in [0.1, 0.15) is 0 Å². The Morgan fingerprint density at radius 1 is 0.526 bits per heavy atom. The Labute approximate surface area is 126 Å². The third-order valence-corrected chi connectivity index (χ3v) is 2.99. The molecule has 2 aromatic carbocycles. The van der Waals surface area contributed by atoms with Crippen LogP contribution in [-0.2, 0) is 20.1 Å². The van der Waals surface area contributed by atoms with E-state index in [0.29, 0.717) is 0 Å². The average molecular weight is 424 g/mol. The number of pyridine rings is 1. The zero-order valence-corrected chi connectivity index (χ0v) is 12.7. The molecule has 95 valence electrons. The first-order valence-electron chi connectivity index (χ1n) is 5.99. The molecule has 0 atom stereocenters. The molecule has 1 radical (unpaired) electrons. The fraction of sp³-hybridized carbons (Fsp3) is 0. The Bertz CT molecular complexity index is 560. The number of hydrogen-bond acceptors (Lipinski definition) is 1. The SMILES string of the molecule is [Ir].c1ccc(-c2ccc(-c3cccnc3)cc2)cc1. The summed E-state index contributed by atoms with van der Waals surface area (Å²) in [5.74, 6) is 0. The van der Waals surface area contributed by atoms with Gasteiger partial charge in [0.15, 0.2) is 0 Å². The smallest absolute Gasteiger partial charge is 0.0346 e. The van der Waals surface area contributed by atoms with Gasteiger partial charge in [-0.15, -0.1) is 0 Å². The van der Waals surface area contributed by atoms with Gasteiger partial charge in [-0.1, -0.05) is 60.7 Å². The zero-order valence-electron chi connectivity index (χ0n) is 10.3. The first-order valence-corrected chi connectivity index (χ1v) is 5.99. The van der Waals surface area contributed by atoms with Gasteiger partial charge in [-0.3, -0.25) is 4.98 Å². The first-order chi connectivity index (χ1) is 8.93. The molecule has 0 fully saturated rings. The number of hydrogen-bond donors (Lipinski definition) is 0. The summed E-state index contributed by atoms with van der Waals surface area (Å²) < 4.78 is 0. The van der Waals surface area contributed by atoms with Crippen LogP contribution in [0.5, 0.6) is 0 Å². The number of rotatable bonds is 2. The molecule has 1 heterocycles. The van der Waals surface area contributed by atoms with Crippen molar-refractivity contribution in [2.45, 2.75) is 0 Å². The number of aromatic nitrogens is 1. The van der Waals surface area contributed by atoms with Gasteiger partial charge < -0.3 is 0 Å². The molecule has 0 bridgehead atoms. The third kappa shape index (κ3) is 3.17. The summed E-state index contributed by atoms with van der Waals surface area (Å²) in [6.45, 7) is 0. The minimum atomic E-state index is 0. The quantitative estimate of drug-likeness (QED) is 0.595. The van der Waals surface area contributed by atoms with Gasteiger partial charge in [0.05, 0.1) is 0 Å². The van der Waals surface area contributed by atoms with Crippen LogP contribution >= 0.6 is 0 Å². The van der Waals surface area contributed by atoms with Crippen molar-refractivity contribution in [3.05, 3.63) is 79.1 Å². The van der Waals surface area contributed by atoms with Crippen LogP contribution in [0.4, 0.5) is 0 Å². The minimum Gasteiger partial charge on any atom is -0.264 e. The summed E-state index contributed by atoms with van der Waals surface area (Å²) >= 11 is 0. The molecule has 0 spiro atoms. The Morgan fingerprint density at radius 3 is 1.63 bits per heavy atom. The summed E-state index contributed by atoms with van der Waals surface area (Å²) in [7, 11) is 0. The summed E-state index contributed by atoms with van der Waals surface area (Å²) in [5, 5.41) is 0. The maximum atomic E-state index is 4.14. The Balaban J connectivity index is 0.00000133. The van der Waals surface area contributed by atoms with Crippen LogP contribution in [0.25, 0.3) is 22.3 Å². The van der Waals surface area contributed by atoms with Crippen LogP contribution in [0.3, 0.4) is 0 Å². The predicted octanol–water partition coefficient (Wildman–Crippen LogP) is 4.41. The molecular formula is C17H13IrN. The van der Waals surface area contributed by atoms with Crippen LogP contribution in [0.2, 0.25) is 0 Å². The van der Waals surface area contributed by atoms with Crippen molar-refractivity contribution >= 4 is 0 Å². The molecule has 1 nitrogen and oxygen atoms in total. The molecule has 3 rings (SSSR count). The Hall–Kier alpha value is -1.76. The van der Waals surface area contributed by atoms with Gasteiger partial charge >= 0.3 is 0 Å². The van der Waals surface area contributed by atoms with Crippen molar-refractivity contribution in [2.75, 3.05) is 0 Å².